The summed E-state index contributed by atoms with van der Waals surface area (Å²) in [5, 5.41) is 5.12. The summed E-state index contributed by atoms with van der Waals surface area (Å²) in [7, 11) is 1.96. The van der Waals surface area contributed by atoms with Crippen molar-refractivity contribution in [1.82, 2.24) is 5.32 Å². The van der Waals surface area contributed by atoms with Gasteiger partial charge in [-0.15, -0.1) is 0 Å². The van der Waals surface area contributed by atoms with E-state index in [1.807, 2.05) is 25.2 Å². The zero-order chi connectivity index (χ0) is 15.0. The second kappa shape index (κ2) is 5.55. The van der Waals surface area contributed by atoms with Gasteiger partial charge in [-0.25, -0.2) is 0 Å². The summed E-state index contributed by atoms with van der Waals surface area (Å²) >= 11 is 6.05. The van der Waals surface area contributed by atoms with Gasteiger partial charge in [-0.1, -0.05) is 29.8 Å². The van der Waals surface area contributed by atoms with Gasteiger partial charge in [0.05, 0.1) is 6.04 Å². The van der Waals surface area contributed by atoms with Gasteiger partial charge in [0.1, 0.15) is 11.3 Å². The standard InChI is InChI=1S/C18H18ClNO/c1-11-5-4-6-12(2)17(11)18(20-3)16-10-13-9-14(19)7-8-15(13)21-16/h4-10,18,20H,1-3H3. The molecule has 0 fully saturated rings. The molecule has 0 aliphatic rings. The minimum atomic E-state index is 0.0392. The van der Waals surface area contributed by atoms with Crippen LogP contribution in [0.1, 0.15) is 28.5 Å². The third kappa shape index (κ3) is 2.57. The molecule has 0 saturated heterocycles. The molecule has 1 N–H and O–H groups in total. The maximum atomic E-state index is 6.05. The summed E-state index contributed by atoms with van der Waals surface area (Å²) < 4.78 is 6.02. The number of fused-ring (bicyclic) bond motifs is 1. The van der Waals surface area contributed by atoms with Gasteiger partial charge < -0.3 is 9.73 Å². The molecule has 1 heterocycles. The predicted octanol–water partition coefficient (Wildman–Crippen LogP) is 5.01. The van der Waals surface area contributed by atoms with Crippen LogP contribution in [0, 0.1) is 13.8 Å². The molecule has 0 aliphatic carbocycles. The van der Waals surface area contributed by atoms with E-state index >= 15 is 0 Å². The van der Waals surface area contributed by atoms with Gasteiger partial charge in [0.15, 0.2) is 0 Å². The molecule has 0 aliphatic heterocycles. The average molecular weight is 300 g/mol. The fourth-order valence-electron chi connectivity index (χ4n) is 2.89. The SMILES string of the molecule is CNC(c1cc2cc(Cl)ccc2o1)c1c(C)cccc1C. The van der Waals surface area contributed by atoms with E-state index in [4.69, 9.17) is 16.0 Å². The lowest BCUT2D eigenvalue weighted by molar-refractivity contribution is 0.489. The Hall–Kier alpha value is -1.77. The van der Waals surface area contributed by atoms with Crippen LogP contribution in [-0.4, -0.2) is 7.05 Å². The van der Waals surface area contributed by atoms with E-state index in [-0.39, 0.29) is 6.04 Å². The van der Waals surface area contributed by atoms with Crippen LogP contribution >= 0.6 is 11.6 Å². The minimum absolute atomic E-state index is 0.0392. The highest BCUT2D eigenvalue weighted by Gasteiger charge is 2.20. The topological polar surface area (TPSA) is 25.2 Å². The van der Waals surface area contributed by atoms with E-state index in [0.29, 0.717) is 0 Å². The Morgan fingerprint density at radius 1 is 1.05 bits per heavy atom. The van der Waals surface area contributed by atoms with Crippen LogP contribution in [0.4, 0.5) is 0 Å². The van der Waals surface area contributed by atoms with E-state index < -0.39 is 0 Å². The third-order valence-corrected chi connectivity index (χ3v) is 4.14. The number of rotatable bonds is 3. The van der Waals surface area contributed by atoms with Gasteiger partial charge >= 0.3 is 0 Å². The van der Waals surface area contributed by atoms with Gasteiger partial charge in [0, 0.05) is 10.4 Å². The summed E-state index contributed by atoms with van der Waals surface area (Å²) in [5.41, 5.74) is 4.65. The molecule has 3 aromatic rings. The molecule has 0 bridgehead atoms. The Balaban J connectivity index is 2.14. The van der Waals surface area contributed by atoms with Crippen LogP contribution in [0.25, 0.3) is 11.0 Å². The van der Waals surface area contributed by atoms with Gasteiger partial charge in [0.25, 0.3) is 0 Å². The van der Waals surface area contributed by atoms with E-state index in [9.17, 15) is 0 Å². The van der Waals surface area contributed by atoms with Crippen molar-refractivity contribution < 1.29 is 4.42 Å². The van der Waals surface area contributed by atoms with Crippen molar-refractivity contribution in [3.8, 4) is 0 Å². The van der Waals surface area contributed by atoms with E-state index in [1.54, 1.807) is 0 Å². The molecule has 2 aromatic carbocycles. The monoisotopic (exact) mass is 299 g/mol. The van der Waals surface area contributed by atoms with Gasteiger partial charge in [-0.2, -0.15) is 0 Å². The van der Waals surface area contributed by atoms with Crippen LogP contribution in [-0.2, 0) is 0 Å². The maximum Gasteiger partial charge on any atom is 0.134 e. The first kappa shape index (κ1) is 14.2. The maximum absolute atomic E-state index is 6.05. The van der Waals surface area contributed by atoms with Crippen molar-refractivity contribution in [3.05, 3.63) is 69.9 Å². The number of hydrogen-bond donors (Lipinski definition) is 1. The lowest BCUT2D eigenvalue weighted by Gasteiger charge is -2.19. The van der Waals surface area contributed by atoms with Crippen molar-refractivity contribution in [2.75, 3.05) is 7.05 Å². The molecule has 0 radical (unpaired) electrons. The molecule has 3 rings (SSSR count). The number of benzene rings is 2. The van der Waals surface area contributed by atoms with E-state index in [0.717, 1.165) is 21.8 Å². The first-order valence-corrected chi connectivity index (χ1v) is 7.40. The second-order valence-electron chi connectivity index (χ2n) is 5.36. The lowest BCUT2D eigenvalue weighted by Crippen LogP contribution is -2.19. The molecule has 3 heteroatoms. The van der Waals surface area contributed by atoms with Crippen molar-refractivity contribution in [2.45, 2.75) is 19.9 Å². The predicted molar refractivity (Wildman–Crippen MR) is 88.0 cm³/mol. The molecule has 1 aromatic heterocycles. The molecule has 0 saturated carbocycles. The Morgan fingerprint density at radius 3 is 2.43 bits per heavy atom. The molecule has 108 valence electrons. The Bertz CT molecular complexity index is 771. The first-order chi connectivity index (χ1) is 10.1. The van der Waals surface area contributed by atoms with Crippen LogP contribution in [0.2, 0.25) is 5.02 Å². The summed E-state index contributed by atoms with van der Waals surface area (Å²) in [6.07, 6.45) is 0. The molecule has 1 atom stereocenters. The first-order valence-electron chi connectivity index (χ1n) is 7.02. The zero-order valence-electron chi connectivity index (χ0n) is 12.4. The number of nitrogens with one attached hydrogen (secondary N) is 1. The quantitative estimate of drug-likeness (QED) is 0.735. The van der Waals surface area contributed by atoms with Crippen LogP contribution in [0.3, 0.4) is 0 Å². The van der Waals surface area contributed by atoms with Crippen LogP contribution < -0.4 is 5.32 Å². The Labute approximate surface area is 129 Å². The fourth-order valence-corrected chi connectivity index (χ4v) is 3.07. The highest BCUT2D eigenvalue weighted by Crippen LogP contribution is 2.32. The van der Waals surface area contributed by atoms with Crippen LogP contribution in [0.5, 0.6) is 0 Å². The highest BCUT2D eigenvalue weighted by atomic mass is 35.5. The minimum Gasteiger partial charge on any atom is -0.459 e. The average Bonchev–Trinajstić information content (AvgIpc) is 2.85. The van der Waals surface area contributed by atoms with E-state index in [1.165, 1.54) is 16.7 Å². The normalized spacial score (nSPS) is 12.8. The number of aryl methyl sites for hydroxylation is 2. The summed E-state index contributed by atoms with van der Waals surface area (Å²) in [6, 6.07) is 14.1. The Kier molecular flexibility index (Phi) is 3.75. The molecule has 21 heavy (non-hydrogen) atoms. The number of hydrogen-bond acceptors (Lipinski definition) is 2. The largest absolute Gasteiger partial charge is 0.459 e. The summed E-state index contributed by atoms with van der Waals surface area (Å²) in [4.78, 5) is 0. The van der Waals surface area contributed by atoms with Crippen molar-refractivity contribution in [3.63, 3.8) is 0 Å². The number of furan rings is 1. The second-order valence-corrected chi connectivity index (χ2v) is 5.79. The van der Waals surface area contributed by atoms with Gasteiger partial charge in [0.2, 0.25) is 0 Å². The van der Waals surface area contributed by atoms with Crippen molar-refractivity contribution in [1.29, 1.82) is 0 Å². The molecule has 0 amide bonds. The molecular weight excluding hydrogens is 282 g/mol. The highest BCUT2D eigenvalue weighted by molar-refractivity contribution is 6.31. The van der Waals surface area contributed by atoms with E-state index in [2.05, 4.69) is 43.4 Å². The molecule has 2 nitrogen and oxygen atoms in total. The Morgan fingerprint density at radius 2 is 1.76 bits per heavy atom. The van der Waals surface area contributed by atoms with Crippen molar-refractivity contribution >= 4 is 22.6 Å². The lowest BCUT2D eigenvalue weighted by atomic mass is 9.94. The zero-order valence-corrected chi connectivity index (χ0v) is 13.2. The van der Waals surface area contributed by atoms with Gasteiger partial charge in [-0.3, -0.25) is 0 Å². The summed E-state index contributed by atoms with van der Waals surface area (Å²) in [6.45, 7) is 4.26. The smallest absolute Gasteiger partial charge is 0.134 e. The summed E-state index contributed by atoms with van der Waals surface area (Å²) in [5.74, 6) is 0.909. The third-order valence-electron chi connectivity index (χ3n) is 3.90. The van der Waals surface area contributed by atoms with Crippen LogP contribution in [0.15, 0.2) is 46.9 Å². The van der Waals surface area contributed by atoms with Gasteiger partial charge in [-0.05, 0) is 61.9 Å². The molecule has 1 unspecified atom stereocenters. The number of halogens is 1. The molecule has 0 spiro atoms. The molecular formula is C18H18ClNO. The fraction of sp³-hybridized carbons (Fsp3) is 0.222. The van der Waals surface area contributed by atoms with Crippen molar-refractivity contribution in [2.24, 2.45) is 0 Å².